The molecule has 8 nitrogen and oxygen atoms in total. The summed E-state index contributed by atoms with van der Waals surface area (Å²) in [5, 5.41) is 12.1. The van der Waals surface area contributed by atoms with E-state index in [1.165, 1.54) is 36.5 Å². The van der Waals surface area contributed by atoms with Gasteiger partial charge in [0, 0.05) is 48.3 Å². The number of anilines is 2. The first kappa shape index (κ1) is 29.1. The number of carbonyl (C=O) groups excluding carboxylic acids is 3. The molecule has 0 bridgehead atoms. The van der Waals surface area contributed by atoms with Gasteiger partial charge in [-0.1, -0.05) is 35.9 Å². The number of alkyl halides is 2. The van der Waals surface area contributed by atoms with Gasteiger partial charge in [-0.15, -0.1) is 0 Å². The van der Waals surface area contributed by atoms with E-state index < -0.39 is 41.5 Å². The molecule has 0 unspecified atom stereocenters. The van der Waals surface area contributed by atoms with E-state index in [0.717, 1.165) is 15.9 Å². The number of Topliss-reactive ketones (excluding diaryl/α,β-unsaturated/α-hetero) is 1. The molecule has 0 spiro atoms. The number of rotatable bonds is 9. The summed E-state index contributed by atoms with van der Waals surface area (Å²) in [5.74, 6) is -4.95. The molecule has 2 aromatic carbocycles. The monoisotopic (exact) mass is 595 g/mol. The van der Waals surface area contributed by atoms with Gasteiger partial charge in [-0.05, 0) is 48.7 Å². The number of aromatic nitrogens is 1. The molecule has 3 amide bonds. The van der Waals surface area contributed by atoms with E-state index >= 15 is 0 Å². The molecule has 1 aliphatic heterocycles. The van der Waals surface area contributed by atoms with Crippen molar-refractivity contribution < 1.29 is 27.6 Å². The second-order valence-electron chi connectivity index (χ2n) is 10.3. The predicted molar refractivity (Wildman–Crippen MR) is 149 cm³/mol. The minimum absolute atomic E-state index is 0.0338. The highest BCUT2D eigenvalue weighted by Crippen LogP contribution is 2.45. The number of halogens is 4. The van der Waals surface area contributed by atoms with Gasteiger partial charge in [-0.25, -0.2) is 22.9 Å². The lowest BCUT2D eigenvalue weighted by Crippen LogP contribution is -2.51. The first-order valence-electron chi connectivity index (χ1n) is 13.2. The van der Waals surface area contributed by atoms with Gasteiger partial charge < -0.3 is 5.32 Å². The molecule has 1 saturated heterocycles. The van der Waals surface area contributed by atoms with Gasteiger partial charge in [0.15, 0.2) is 5.78 Å². The molecule has 12 heteroatoms. The van der Waals surface area contributed by atoms with Crippen LogP contribution in [0.3, 0.4) is 0 Å². The third-order valence-electron chi connectivity index (χ3n) is 7.44. The van der Waals surface area contributed by atoms with Crippen molar-refractivity contribution >= 4 is 40.8 Å². The zero-order valence-electron chi connectivity index (χ0n) is 22.1. The molecule has 1 N–H and O–H groups in total. The number of pyridine rings is 1. The highest BCUT2D eigenvalue weighted by molar-refractivity contribution is 6.31. The first-order chi connectivity index (χ1) is 20.1. The Bertz CT molecular complexity index is 1570. The minimum Gasteiger partial charge on any atom is -0.335 e. The van der Waals surface area contributed by atoms with Crippen LogP contribution in [-0.4, -0.2) is 41.2 Å². The van der Waals surface area contributed by atoms with E-state index in [4.69, 9.17) is 11.6 Å². The van der Waals surface area contributed by atoms with Crippen LogP contribution >= 0.6 is 11.6 Å². The Morgan fingerprint density at radius 3 is 2.62 bits per heavy atom. The Labute approximate surface area is 244 Å². The molecule has 2 aliphatic rings. The van der Waals surface area contributed by atoms with Gasteiger partial charge in [0.05, 0.1) is 11.6 Å². The summed E-state index contributed by atoms with van der Waals surface area (Å²) in [6.07, 6.45) is 0.742. The molecule has 0 radical (unpaired) electrons. The summed E-state index contributed by atoms with van der Waals surface area (Å²) in [4.78, 5) is 47.6. The number of nitrogens with one attached hydrogen (secondary N) is 1. The third-order valence-corrected chi connectivity index (χ3v) is 7.79. The van der Waals surface area contributed by atoms with E-state index in [-0.39, 0.29) is 65.8 Å². The Hall–Kier alpha value is -4.43. The standard InChI is InChI=1S/C30H25ClF3N5O3/c31-23-7-2-1-6-22(23)27(25(40)9-8-19-14-30(33,34)15-19)38(21-5-3-4-20(32)13-21)28(41)24-17-37-29(42)39(24)26-12-18(16-35)10-11-36-26/h1-7,10-13,19,24,27H,8-9,14-15,17H2,(H,37,42)/t24-,27-/m0/s1. The second kappa shape index (κ2) is 11.8. The number of amides is 3. The Morgan fingerprint density at radius 1 is 1.17 bits per heavy atom. The first-order valence-corrected chi connectivity index (χ1v) is 13.6. The van der Waals surface area contributed by atoms with Crippen LogP contribution in [0, 0.1) is 23.1 Å². The molecule has 1 saturated carbocycles. The second-order valence-corrected chi connectivity index (χ2v) is 10.7. The van der Waals surface area contributed by atoms with Crippen LogP contribution in [-0.2, 0) is 9.59 Å². The highest BCUT2D eigenvalue weighted by atomic mass is 35.5. The summed E-state index contributed by atoms with van der Waals surface area (Å²) in [5.41, 5.74) is 0.499. The van der Waals surface area contributed by atoms with Gasteiger partial charge in [0.2, 0.25) is 5.92 Å². The van der Waals surface area contributed by atoms with Crippen LogP contribution in [0.25, 0.3) is 0 Å². The van der Waals surface area contributed by atoms with Crippen LogP contribution in [0.2, 0.25) is 5.02 Å². The molecule has 2 fully saturated rings. The van der Waals surface area contributed by atoms with E-state index in [0.29, 0.717) is 0 Å². The van der Waals surface area contributed by atoms with E-state index in [1.54, 1.807) is 24.3 Å². The van der Waals surface area contributed by atoms with Crippen LogP contribution in [0.5, 0.6) is 0 Å². The molecule has 3 aromatic rings. The van der Waals surface area contributed by atoms with E-state index in [2.05, 4.69) is 10.3 Å². The van der Waals surface area contributed by atoms with Gasteiger partial charge >= 0.3 is 6.03 Å². The maximum absolute atomic E-state index is 14.5. The molecular weight excluding hydrogens is 571 g/mol. The molecule has 2 heterocycles. The average Bonchev–Trinajstić information content (AvgIpc) is 3.35. The lowest BCUT2D eigenvalue weighted by atomic mass is 9.77. The van der Waals surface area contributed by atoms with Crippen LogP contribution in [0.15, 0.2) is 66.9 Å². The summed E-state index contributed by atoms with van der Waals surface area (Å²) in [6.45, 7) is -0.164. The van der Waals surface area contributed by atoms with Crippen LogP contribution in [0.1, 0.15) is 42.9 Å². The highest BCUT2D eigenvalue weighted by Gasteiger charge is 2.47. The lowest BCUT2D eigenvalue weighted by Gasteiger charge is -2.37. The number of hydrogen-bond donors (Lipinski definition) is 1. The van der Waals surface area contributed by atoms with E-state index in [1.807, 2.05) is 6.07 Å². The van der Waals surface area contributed by atoms with Crippen molar-refractivity contribution in [1.29, 1.82) is 5.26 Å². The van der Waals surface area contributed by atoms with Gasteiger partial charge in [-0.3, -0.25) is 19.4 Å². The fraction of sp³-hybridized carbons (Fsp3) is 0.300. The maximum Gasteiger partial charge on any atom is 0.323 e. The minimum atomic E-state index is -2.75. The smallest absolute Gasteiger partial charge is 0.323 e. The quantitative estimate of drug-likeness (QED) is 0.336. The van der Waals surface area contributed by atoms with Crippen LogP contribution in [0.4, 0.5) is 29.5 Å². The Kier molecular flexibility index (Phi) is 8.18. The van der Waals surface area contributed by atoms with Crippen molar-refractivity contribution in [2.24, 2.45) is 5.92 Å². The summed E-state index contributed by atoms with van der Waals surface area (Å²) in [7, 11) is 0. The maximum atomic E-state index is 14.5. The number of benzene rings is 2. The van der Waals surface area contributed by atoms with Crippen molar-refractivity contribution in [2.75, 3.05) is 16.3 Å². The number of carbonyl (C=O) groups is 3. The average molecular weight is 596 g/mol. The summed E-state index contributed by atoms with van der Waals surface area (Å²) < 4.78 is 41.5. The van der Waals surface area contributed by atoms with E-state index in [9.17, 15) is 32.8 Å². The molecule has 1 aliphatic carbocycles. The Morgan fingerprint density at radius 2 is 1.93 bits per heavy atom. The number of nitriles is 1. The molecule has 2 atom stereocenters. The normalized spacial score (nSPS) is 18.5. The zero-order valence-corrected chi connectivity index (χ0v) is 22.9. The Balaban J connectivity index is 1.57. The predicted octanol–water partition coefficient (Wildman–Crippen LogP) is 5.81. The number of hydrogen-bond acceptors (Lipinski definition) is 5. The van der Waals surface area contributed by atoms with Crippen molar-refractivity contribution in [3.05, 3.63) is 88.8 Å². The van der Waals surface area contributed by atoms with Crippen molar-refractivity contribution in [2.45, 2.75) is 43.7 Å². The third kappa shape index (κ3) is 5.94. The fourth-order valence-corrected chi connectivity index (χ4v) is 5.64. The molecule has 1 aromatic heterocycles. The van der Waals surface area contributed by atoms with Gasteiger partial charge in [0.1, 0.15) is 23.7 Å². The van der Waals surface area contributed by atoms with Gasteiger partial charge in [0.25, 0.3) is 5.91 Å². The largest absolute Gasteiger partial charge is 0.335 e. The number of urea groups is 1. The summed E-state index contributed by atoms with van der Waals surface area (Å²) in [6, 6.07) is 13.0. The topological polar surface area (TPSA) is 106 Å². The van der Waals surface area contributed by atoms with Crippen molar-refractivity contribution in [1.82, 2.24) is 10.3 Å². The molecule has 216 valence electrons. The molecule has 5 rings (SSSR count). The molecule has 42 heavy (non-hydrogen) atoms. The SMILES string of the molecule is N#Cc1ccnc(N2C(=O)NC[C@H]2C(=O)N(c2cccc(F)c2)[C@H](C(=O)CCC2CC(F)(F)C2)c2ccccc2Cl)c1. The zero-order chi connectivity index (χ0) is 30.0. The number of ketones is 1. The summed E-state index contributed by atoms with van der Waals surface area (Å²) >= 11 is 6.53. The van der Waals surface area contributed by atoms with Crippen molar-refractivity contribution in [3.63, 3.8) is 0 Å². The van der Waals surface area contributed by atoms with Gasteiger partial charge in [-0.2, -0.15) is 5.26 Å². The van der Waals surface area contributed by atoms with Crippen LogP contribution < -0.4 is 15.1 Å². The van der Waals surface area contributed by atoms with Crippen molar-refractivity contribution in [3.8, 4) is 6.07 Å². The lowest BCUT2D eigenvalue weighted by molar-refractivity contribution is -0.128. The number of nitrogens with zero attached hydrogens (tertiary/aromatic N) is 4. The molecular formula is C30H25ClF3N5O3. The fourth-order valence-electron chi connectivity index (χ4n) is 5.40.